The highest BCUT2D eigenvalue weighted by atomic mass is 32.2. The topological polar surface area (TPSA) is 55.4 Å². The third-order valence-electron chi connectivity index (χ3n) is 2.62. The molecule has 0 aliphatic carbocycles. The number of hydrogen-bond acceptors (Lipinski definition) is 4. The number of thioether (sulfide) groups is 1. The first kappa shape index (κ1) is 23.4. The molecule has 0 bridgehead atoms. The molecule has 1 atom stereocenters. The zero-order chi connectivity index (χ0) is 19.3. The van der Waals surface area contributed by atoms with E-state index in [1.165, 1.54) is 6.08 Å². The van der Waals surface area contributed by atoms with Crippen molar-refractivity contribution in [2.24, 2.45) is 0 Å². The first-order valence-corrected chi connectivity index (χ1v) is 9.21. The van der Waals surface area contributed by atoms with Crippen molar-refractivity contribution in [1.82, 2.24) is 5.32 Å². The molecule has 0 spiro atoms. The Kier molecular flexibility index (Phi) is 11.9. The molecule has 1 N–H and O–H groups in total. The number of hydrogen-bond donors (Lipinski definition) is 1. The highest BCUT2D eigenvalue weighted by Crippen LogP contribution is 2.15. The van der Waals surface area contributed by atoms with Crippen LogP contribution in [0, 0.1) is 0 Å². The molecule has 4 nitrogen and oxygen atoms in total. The molecule has 0 aromatic heterocycles. The van der Waals surface area contributed by atoms with Crippen molar-refractivity contribution in [3.8, 4) is 0 Å². The van der Waals surface area contributed by atoms with Crippen molar-refractivity contribution < 1.29 is 23.1 Å². The average Bonchev–Trinajstić information content (AvgIpc) is 2.49. The molecule has 0 saturated carbocycles. The van der Waals surface area contributed by atoms with E-state index in [0.29, 0.717) is 18.5 Å². The summed E-state index contributed by atoms with van der Waals surface area (Å²) in [5.74, 6) is 1.10. The van der Waals surface area contributed by atoms with Gasteiger partial charge in [0.05, 0.1) is 12.1 Å². The molecule has 0 radical (unpaired) electrons. The molecule has 1 saturated heterocycles. The van der Waals surface area contributed by atoms with Crippen molar-refractivity contribution in [1.29, 1.82) is 0 Å². The second kappa shape index (κ2) is 12.7. The number of carbonyl (C=O) groups excluding carboxylic acids is 2. The number of carbonyl (C=O) groups is 2. The van der Waals surface area contributed by atoms with Crippen LogP contribution in [0.4, 0.5) is 13.6 Å². The Bertz CT molecular complexity index is 511. The lowest BCUT2D eigenvalue weighted by Crippen LogP contribution is -2.43. The maximum Gasteiger partial charge on any atom is 0.407 e. The summed E-state index contributed by atoms with van der Waals surface area (Å²) in [7, 11) is 0. The van der Waals surface area contributed by atoms with Gasteiger partial charge in [-0.15, -0.1) is 0 Å². The third kappa shape index (κ3) is 14.4. The summed E-state index contributed by atoms with van der Waals surface area (Å²) < 4.78 is 28.7. The van der Waals surface area contributed by atoms with Gasteiger partial charge in [0.25, 0.3) is 0 Å². The minimum absolute atomic E-state index is 0.0777. The van der Waals surface area contributed by atoms with Crippen LogP contribution < -0.4 is 5.32 Å². The maximum absolute atomic E-state index is 12.3. The number of nitrogens with one attached hydrogen (secondary N) is 1. The van der Waals surface area contributed by atoms with Gasteiger partial charge in [-0.3, -0.25) is 4.79 Å². The SMILES string of the molecule is CC(C)(C)OC(=O)NC1CSCC(=O)C1.CC\C=C/C(F)=C\C=C\F. The molecule has 0 aromatic rings. The van der Waals surface area contributed by atoms with E-state index < -0.39 is 17.5 Å². The number of alkyl carbamates (subject to hydrolysis) is 1. The second-order valence-corrected chi connectivity index (χ2v) is 7.31. The van der Waals surface area contributed by atoms with Gasteiger partial charge in [0, 0.05) is 18.2 Å². The molecular weight excluding hydrogens is 348 g/mol. The Morgan fingerprint density at radius 3 is 2.64 bits per heavy atom. The van der Waals surface area contributed by atoms with Crippen molar-refractivity contribution in [3.63, 3.8) is 0 Å². The van der Waals surface area contributed by atoms with E-state index in [4.69, 9.17) is 4.74 Å². The summed E-state index contributed by atoms with van der Waals surface area (Å²) in [6, 6.07) is -0.0777. The zero-order valence-corrected chi connectivity index (χ0v) is 16.0. The number of rotatable bonds is 4. The highest BCUT2D eigenvalue weighted by molar-refractivity contribution is 8.00. The van der Waals surface area contributed by atoms with E-state index in [-0.39, 0.29) is 11.8 Å². The van der Waals surface area contributed by atoms with Crippen molar-refractivity contribution in [2.45, 2.75) is 52.2 Å². The van der Waals surface area contributed by atoms with Crippen LogP contribution in [0.3, 0.4) is 0 Å². The first-order chi connectivity index (χ1) is 11.7. The van der Waals surface area contributed by atoms with E-state index >= 15 is 0 Å². The lowest BCUT2D eigenvalue weighted by molar-refractivity contribution is -0.117. The van der Waals surface area contributed by atoms with Crippen LogP contribution in [0.1, 0.15) is 40.5 Å². The summed E-state index contributed by atoms with van der Waals surface area (Å²) in [5.41, 5.74) is -0.490. The van der Waals surface area contributed by atoms with Crippen LogP contribution in [-0.2, 0) is 9.53 Å². The lowest BCUT2D eigenvalue weighted by Gasteiger charge is -2.25. The van der Waals surface area contributed by atoms with Gasteiger partial charge >= 0.3 is 6.09 Å². The number of amides is 1. The smallest absolute Gasteiger partial charge is 0.407 e. The molecular formula is C18H27F2NO3S. The second-order valence-electron chi connectivity index (χ2n) is 6.28. The van der Waals surface area contributed by atoms with Crippen LogP contribution >= 0.6 is 11.8 Å². The summed E-state index contributed by atoms with van der Waals surface area (Å²) in [6.07, 6.45) is 6.09. The maximum atomic E-state index is 12.3. The van der Waals surface area contributed by atoms with Crippen molar-refractivity contribution in [2.75, 3.05) is 11.5 Å². The summed E-state index contributed by atoms with van der Waals surface area (Å²) in [5, 5.41) is 2.70. The Hall–Kier alpha value is -1.63. The lowest BCUT2D eigenvalue weighted by atomic mass is 10.2. The van der Waals surface area contributed by atoms with E-state index in [1.807, 2.05) is 27.7 Å². The summed E-state index contributed by atoms with van der Waals surface area (Å²) in [6.45, 7) is 7.34. The fourth-order valence-electron chi connectivity index (χ4n) is 1.69. The first-order valence-electron chi connectivity index (χ1n) is 8.06. The molecule has 142 valence electrons. The molecule has 7 heteroatoms. The molecule has 1 fully saturated rings. The molecule has 1 heterocycles. The fraction of sp³-hybridized carbons (Fsp3) is 0.556. The highest BCUT2D eigenvalue weighted by Gasteiger charge is 2.24. The Morgan fingerprint density at radius 1 is 1.44 bits per heavy atom. The normalized spacial score (nSPS) is 18.9. The Morgan fingerprint density at radius 2 is 2.12 bits per heavy atom. The number of ketones is 1. The molecule has 1 aliphatic heterocycles. The fourth-order valence-corrected chi connectivity index (χ4v) is 2.64. The van der Waals surface area contributed by atoms with Gasteiger partial charge in [-0.05, 0) is 45.4 Å². The van der Waals surface area contributed by atoms with Gasteiger partial charge in [0.2, 0.25) is 0 Å². The summed E-state index contributed by atoms with van der Waals surface area (Å²) in [4.78, 5) is 22.5. The molecule has 25 heavy (non-hydrogen) atoms. The van der Waals surface area contributed by atoms with Crippen LogP contribution in [0.5, 0.6) is 0 Å². The molecule has 1 rings (SSSR count). The van der Waals surface area contributed by atoms with Gasteiger partial charge in [0.1, 0.15) is 17.2 Å². The standard InChI is InChI=1S/C10H17NO3S.C8H10F2/c1-10(2,3)14-9(13)11-7-4-8(12)6-15-5-7;1-2-3-5-8(10)6-4-7-9/h7H,4-6H2,1-3H3,(H,11,13);3-7H,2H2,1H3/b;5-3-,7-4+,8-6+. The van der Waals surface area contributed by atoms with Crippen LogP contribution in [-0.4, -0.2) is 35.0 Å². The van der Waals surface area contributed by atoms with Gasteiger partial charge in [-0.1, -0.05) is 13.0 Å². The quantitative estimate of drug-likeness (QED) is 0.712. The largest absolute Gasteiger partial charge is 0.444 e. The third-order valence-corrected chi connectivity index (χ3v) is 3.78. The van der Waals surface area contributed by atoms with E-state index in [2.05, 4.69) is 5.32 Å². The van der Waals surface area contributed by atoms with Crippen LogP contribution in [0.25, 0.3) is 0 Å². The van der Waals surface area contributed by atoms with Crippen molar-refractivity contribution in [3.05, 3.63) is 36.5 Å². The van der Waals surface area contributed by atoms with Gasteiger partial charge in [-0.25, -0.2) is 13.6 Å². The Balaban J connectivity index is 0.000000504. The van der Waals surface area contributed by atoms with E-state index in [9.17, 15) is 18.4 Å². The van der Waals surface area contributed by atoms with Gasteiger partial charge < -0.3 is 10.1 Å². The predicted octanol–water partition coefficient (Wildman–Crippen LogP) is 4.87. The Labute approximate surface area is 152 Å². The van der Waals surface area contributed by atoms with Gasteiger partial charge in [0.15, 0.2) is 0 Å². The zero-order valence-electron chi connectivity index (χ0n) is 15.2. The predicted molar refractivity (Wildman–Crippen MR) is 99.0 cm³/mol. The minimum Gasteiger partial charge on any atom is -0.444 e. The van der Waals surface area contributed by atoms with Crippen LogP contribution in [0.2, 0.25) is 0 Å². The molecule has 1 aliphatic rings. The summed E-state index contributed by atoms with van der Waals surface area (Å²) >= 11 is 1.55. The monoisotopic (exact) mass is 375 g/mol. The minimum atomic E-state index is -0.490. The number of ether oxygens (including phenoxy) is 1. The number of halogens is 2. The van der Waals surface area contributed by atoms with E-state index in [0.717, 1.165) is 24.3 Å². The number of allylic oxidation sites excluding steroid dienone is 5. The molecule has 1 amide bonds. The average molecular weight is 375 g/mol. The number of Topliss-reactive ketones (excluding diaryl/α,β-unsaturated/α-hetero) is 1. The van der Waals surface area contributed by atoms with Crippen molar-refractivity contribution >= 4 is 23.6 Å². The van der Waals surface area contributed by atoms with Crippen LogP contribution in [0.15, 0.2) is 36.5 Å². The molecule has 0 aromatic carbocycles. The van der Waals surface area contributed by atoms with E-state index in [1.54, 1.807) is 17.8 Å². The van der Waals surface area contributed by atoms with Gasteiger partial charge in [-0.2, -0.15) is 11.8 Å². The molecule has 1 unspecified atom stereocenters.